The predicted octanol–water partition coefficient (Wildman–Crippen LogP) is 15.4. The smallest absolute Gasteiger partial charge is 0.268 e. The molecule has 5 heteroatoms. The highest BCUT2D eigenvalue weighted by atomic mass is 16.5. The SMILES string of the molecule is [2H]c1c([2H])[n+](-c2cc(C(C)(C)C)cc(C(C)(C)C)c2)[c-]n1-c1cc(Oc2cc(C(C)(C)c3ccccc3)c3c4ccccc4n(-c4cc(C(C)(C)C)ccn4)c3c2)cc(C(C)(C)c2ccccc2)c1. The molecule has 0 spiro atoms. The Morgan fingerprint density at radius 1 is 0.522 bits per heavy atom. The van der Waals surface area contributed by atoms with Gasteiger partial charge in [0, 0.05) is 46.2 Å². The van der Waals surface area contributed by atoms with Gasteiger partial charge < -0.3 is 4.74 Å². The Balaban J connectivity index is 1.28. The standard InChI is InChI=1S/C62H66N4O/c1-58(2,3)44-28-29-63-56(37-44)66-54-27-21-20-26-52(54)57-53(62(12,13)43-24-18-15-19-25-43)39-51(40-55(57)66)67-50-36-47(61(10,11)42-22-16-14-17-23-42)35-49(38-50)65-31-30-64(41-65)48-33-45(59(4,5)6)32-46(34-48)60(7,8)9/h14-40H,1-13H3/i30D,31D. The molecule has 0 amide bonds. The van der Waals surface area contributed by atoms with E-state index in [4.69, 9.17) is 9.72 Å². The number of aromatic nitrogens is 4. The molecular formula is C62H66N4O. The van der Waals surface area contributed by atoms with Crippen molar-refractivity contribution in [3.05, 3.63) is 209 Å². The number of pyridine rings is 1. The molecule has 5 nitrogen and oxygen atoms in total. The van der Waals surface area contributed by atoms with Crippen LogP contribution in [0.25, 0.3) is 39.0 Å². The van der Waals surface area contributed by atoms with Gasteiger partial charge in [0.15, 0.2) is 0 Å². The monoisotopic (exact) mass is 885 g/mol. The second-order valence-corrected chi connectivity index (χ2v) is 22.4. The van der Waals surface area contributed by atoms with Gasteiger partial charge in [0.1, 0.15) is 17.3 Å². The van der Waals surface area contributed by atoms with Gasteiger partial charge in [-0.2, -0.15) is 0 Å². The Morgan fingerprint density at radius 2 is 1.10 bits per heavy atom. The van der Waals surface area contributed by atoms with E-state index in [1.165, 1.54) is 11.1 Å². The van der Waals surface area contributed by atoms with Crippen molar-refractivity contribution in [2.24, 2.45) is 0 Å². The van der Waals surface area contributed by atoms with Crippen LogP contribution in [0.2, 0.25) is 0 Å². The maximum Gasteiger partial charge on any atom is 0.268 e. The van der Waals surface area contributed by atoms with Crippen LogP contribution in [-0.2, 0) is 27.1 Å². The summed E-state index contributed by atoms with van der Waals surface area (Å²) in [5.74, 6) is 2.12. The summed E-state index contributed by atoms with van der Waals surface area (Å²) < 4.78 is 31.8. The number of nitrogens with zero attached hydrogens (tertiary/aromatic N) is 4. The molecule has 9 rings (SSSR count). The highest BCUT2D eigenvalue weighted by Crippen LogP contribution is 2.45. The van der Waals surface area contributed by atoms with Crippen LogP contribution in [0.3, 0.4) is 0 Å². The maximum atomic E-state index is 9.49. The van der Waals surface area contributed by atoms with E-state index in [1.807, 2.05) is 18.3 Å². The fourth-order valence-corrected chi connectivity index (χ4v) is 9.28. The zero-order valence-corrected chi connectivity index (χ0v) is 41.6. The summed E-state index contributed by atoms with van der Waals surface area (Å²) in [7, 11) is 0. The van der Waals surface area contributed by atoms with Crippen LogP contribution in [0.4, 0.5) is 0 Å². The van der Waals surface area contributed by atoms with Gasteiger partial charge in [-0.3, -0.25) is 13.7 Å². The molecule has 6 aromatic carbocycles. The lowest BCUT2D eigenvalue weighted by Gasteiger charge is -2.29. The highest BCUT2D eigenvalue weighted by molar-refractivity contribution is 6.11. The molecular weight excluding hydrogens is 817 g/mol. The minimum atomic E-state index is -0.465. The summed E-state index contributed by atoms with van der Waals surface area (Å²) in [6.45, 7) is 29.0. The number of hydrogen-bond donors (Lipinski definition) is 0. The van der Waals surface area contributed by atoms with Crippen LogP contribution >= 0.6 is 0 Å². The first-order valence-corrected chi connectivity index (χ1v) is 23.6. The fraction of sp³-hybridized carbons (Fsp3) is 0.290. The summed E-state index contributed by atoms with van der Waals surface area (Å²) in [6, 6.07) is 51.3. The van der Waals surface area contributed by atoms with Gasteiger partial charge in [0.25, 0.3) is 6.33 Å². The van der Waals surface area contributed by atoms with Gasteiger partial charge in [-0.1, -0.05) is 175 Å². The fourth-order valence-electron chi connectivity index (χ4n) is 9.28. The number of para-hydroxylation sites is 1. The zero-order valence-electron chi connectivity index (χ0n) is 43.6. The normalized spacial score (nSPS) is 13.3. The van der Waals surface area contributed by atoms with Crippen LogP contribution < -0.4 is 9.30 Å². The minimum absolute atomic E-state index is 0.0249. The summed E-state index contributed by atoms with van der Waals surface area (Å²) >= 11 is 0. The molecule has 0 fully saturated rings. The second kappa shape index (κ2) is 16.6. The van der Waals surface area contributed by atoms with E-state index in [0.717, 1.165) is 61.1 Å². The van der Waals surface area contributed by atoms with Crippen LogP contribution in [0, 0.1) is 6.33 Å². The van der Waals surface area contributed by atoms with E-state index in [0.29, 0.717) is 17.2 Å². The Kier molecular flexibility index (Phi) is 10.6. The van der Waals surface area contributed by atoms with Crippen molar-refractivity contribution in [3.63, 3.8) is 0 Å². The lowest BCUT2D eigenvalue weighted by Crippen LogP contribution is -2.30. The quantitative estimate of drug-likeness (QED) is 0.107. The number of fused-ring (bicyclic) bond motifs is 3. The summed E-state index contributed by atoms with van der Waals surface area (Å²) in [4.78, 5) is 5.03. The summed E-state index contributed by atoms with van der Waals surface area (Å²) in [5.41, 5.74) is 10.3. The van der Waals surface area contributed by atoms with Gasteiger partial charge in [-0.25, -0.2) is 4.98 Å². The van der Waals surface area contributed by atoms with Crippen molar-refractivity contribution in [1.29, 1.82) is 0 Å². The number of imidazole rings is 1. The van der Waals surface area contributed by atoms with Gasteiger partial charge in [0.2, 0.25) is 0 Å². The maximum absolute atomic E-state index is 9.49. The van der Waals surface area contributed by atoms with E-state index in [-0.39, 0.29) is 28.6 Å². The predicted molar refractivity (Wildman–Crippen MR) is 278 cm³/mol. The molecule has 0 aliphatic heterocycles. The number of rotatable bonds is 9. The molecule has 0 unspecified atom stereocenters. The summed E-state index contributed by atoms with van der Waals surface area (Å²) in [6.07, 6.45) is 5.46. The largest absolute Gasteiger partial charge is 0.458 e. The molecule has 9 aromatic rings. The first-order valence-electron chi connectivity index (χ1n) is 24.6. The molecule has 0 atom stereocenters. The Labute approximate surface area is 401 Å². The molecule has 3 heterocycles. The molecule has 0 aliphatic carbocycles. The van der Waals surface area contributed by atoms with Crippen molar-refractivity contribution in [2.75, 3.05) is 0 Å². The van der Waals surface area contributed by atoms with E-state index < -0.39 is 10.8 Å². The van der Waals surface area contributed by atoms with Crippen molar-refractivity contribution in [3.8, 4) is 28.7 Å². The first kappa shape index (κ1) is 42.9. The molecule has 0 bridgehead atoms. The van der Waals surface area contributed by atoms with Crippen molar-refractivity contribution < 1.29 is 12.0 Å². The lowest BCUT2D eigenvalue weighted by molar-refractivity contribution is -0.599. The van der Waals surface area contributed by atoms with Gasteiger partial charge in [-0.15, -0.1) is 0 Å². The van der Waals surface area contributed by atoms with Gasteiger partial charge >= 0.3 is 0 Å². The molecule has 0 N–H and O–H groups in total. The van der Waals surface area contributed by atoms with Crippen molar-refractivity contribution in [2.45, 2.75) is 117 Å². The van der Waals surface area contributed by atoms with Crippen molar-refractivity contribution >= 4 is 21.8 Å². The third-order valence-corrected chi connectivity index (χ3v) is 13.7. The van der Waals surface area contributed by atoms with E-state index in [9.17, 15) is 2.74 Å². The highest BCUT2D eigenvalue weighted by Gasteiger charge is 2.31. The third kappa shape index (κ3) is 8.73. The van der Waals surface area contributed by atoms with Crippen LogP contribution in [-0.4, -0.2) is 14.1 Å². The average Bonchev–Trinajstić information content (AvgIpc) is 3.80. The van der Waals surface area contributed by atoms with Crippen molar-refractivity contribution in [1.82, 2.24) is 14.1 Å². The Morgan fingerprint density at radius 3 is 1.73 bits per heavy atom. The number of benzene rings is 6. The van der Waals surface area contributed by atoms with E-state index in [1.54, 1.807) is 9.13 Å². The topological polar surface area (TPSA) is 35.9 Å². The lowest BCUT2D eigenvalue weighted by atomic mass is 9.76. The van der Waals surface area contributed by atoms with E-state index in [2.05, 4.69) is 234 Å². The zero-order chi connectivity index (χ0) is 49.4. The Hall–Kier alpha value is -6.72. The molecule has 340 valence electrons. The van der Waals surface area contributed by atoms with E-state index >= 15 is 0 Å². The van der Waals surface area contributed by atoms with Crippen LogP contribution in [0.1, 0.15) is 132 Å². The van der Waals surface area contributed by atoms with Gasteiger partial charge in [-0.05, 0) is 110 Å². The molecule has 0 aliphatic rings. The summed E-state index contributed by atoms with van der Waals surface area (Å²) in [5, 5.41) is 2.29. The van der Waals surface area contributed by atoms with Gasteiger partial charge in [0.05, 0.1) is 25.1 Å². The van der Waals surface area contributed by atoms with Crippen LogP contribution in [0.15, 0.2) is 164 Å². The number of ether oxygens (including phenoxy) is 1. The molecule has 67 heavy (non-hydrogen) atoms. The third-order valence-electron chi connectivity index (χ3n) is 13.7. The Bertz CT molecular complexity index is 3340. The molecule has 0 radical (unpaired) electrons. The average molecular weight is 885 g/mol. The first-order chi connectivity index (χ1) is 32.4. The minimum Gasteiger partial charge on any atom is -0.458 e. The molecule has 0 saturated heterocycles. The second-order valence-electron chi connectivity index (χ2n) is 22.4. The van der Waals surface area contributed by atoms with Crippen LogP contribution in [0.5, 0.6) is 11.5 Å². The molecule has 0 saturated carbocycles. The number of hydrogen-bond acceptors (Lipinski definition) is 2. The molecule has 3 aromatic heterocycles.